The second-order valence-electron chi connectivity index (χ2n) is 4.53. The maximum Gasteiger partial charge on any atom is 0.164 e. The summed E-state index contributed by atoms with van der Waals surface area (Å²) in [6.07, 6.45) is -0.935. The molecule has 0 spiro atoms. The van der Waals surface area contributed by atoms with Crippen LogP contribution in [-0.4, -0.2) is 33.8 Å². The monoisotopic (exact) mass is 240 g/mol. The second-order valence-corrected chi connectivity index (χ2v) is 4.53. The normalized spacial score (nSPS) is 27.2. The van der Waals surface area contributed by atoms with Crippen LogP contribution in [-0.2, 0) is 9.47 Å². The minimum absolute atomic E-state index is 0.171. The summed E-state index contributed by atoms with van der Waals surface area (Å²) < 4.78 is 11.2. The summed E-state index contributed by atoms with van der Waals surface area (Å²) in [7, 11) is 0. The molecule has 1 aromatic rings. The molecular weight excluding hydrogens is 224 g/mol. The Morgan fingerprint density at radius 1 is 1.18 bits per heavy atom. The van der Waals surface area contributed by atoms with Crippen LogP contribution in [0.2, 0.25) is 0 Å². The van der Waals surface area contributed by atoms with E-state index in [2.05, 4.69) is 0 Å². The molecule has 0 saturated carbocycles. The third-order valence-electron chi connectivity index (χ3n) is 2.69. The number of benzene rings is 1. The second kappa shape index (κ2) is 4.18. The number of phenols is 2. The van der Waals surface area contributed by atoms with Crippen molar-refractivity contribution in [2.24, 2.45) is 0 Å². The van der Waals surface area contributed by atoms with Crippen LogP contribution in [0.5, 0.6) is 11.5 Å². The molecule has 1 aliphatic heterocycles. The predicted molar refractivity (Wildman–Crippen MR) is 59.6 cm³/mol. The summed E-state index contributed by atoms with van der Waals surface area (Å²) in [5.74, 6) is -1.18. The molecule has 0 aromatic heterocycles. The lowest BCUT2D eigenvalue weighted by Crippen LogP contribution is -2.23. The van der Waals surface area contributed by atoms with E-state index in [9.17, 15) is 15.3 Å². The molecule has 17 heavy (non-hydrogen) atoms. The van der Waals surface area contributed by atoms with E-state index in [0.717, 1.165) is 0 Å². The maximum atomic E-state index is 9.44. The molecule has 1 fully saturated rings. The molecule has 0 bridgehead atoms. The van der Waals surface area contributed by atoms with Gasteiger partial charge < -0.3 is 24.8 Å². The van der Waals surface area contributed by atoms with E-state index in [1.54, 1.807) is 19.9 Å². The average Bonchev–Trinajstić information content (AvgIpc) is 2.58. The van der Waals surface area contributed by atoms with Gasteiger partial charge in [0.15, 0.2) is 17.3 Å². The maximum absolute atomic E-state index is 9.44. The van der Waals surface area contributed by atoms with Gasteiger partial charge in [0.2, 0.25) is 0 Å². The quantitative estimate of drug-likeness (QED) is 0.679. The van der Waals surface area contributed by atoms with E-state index in [0.29, 0.717) is 5.56 Å². The van der Waals surface area contributed by atoms with Gasteiger partial charge in [-0.2, -0.15) is 0 Å². The van der Waals surface area contributed by atoms with Crippen LogP contribution in [0.3, 0.4) is 0 Å². The Labute approximate surface area is 99.2 Å². The zero-order valence-corrected chi connectivity index (χ0v) is 9.75. The van der Waals surface area contributed by atoms with Crippen LogP contribution < -0.4 is 0 Å². The summed E-state index contributed by atoms with van der Waals surface area (Å²) in [4.78, 5) is 0. The highest BCUT2D eigenvalue weighted by Crippen LogP contribution is 2.40. The fraction of sp³-hybridized carbons (Fsp3) is 0.500. The molecule has 5 heteroatoms. The van der Waals surface area contributed by atoms with E-state index in [4.69, 9.17) is 9.47 Å². The van der Waals surface area contributed by atoms with Gasteiger partial charge in [-0.1, -0.05) is 6.07 Å². The largest absolute Gasteiger partial charge is 0.504 e. The molecule has 2 rings (SSSR count). The van der Waals surface area contributed by atoms with Crippen LogP contribution >= 0.6 is 0 Å². The van der Waals surface area contributed by atoms with Crippen molar-refractivity contribution < 1.29 is 24.8 Å². The van der Waals surface area contributed by atoms with Crippen molar-refractivity contribution in [2.45, 2.75) is 31.8 Å². The standard InChI is InChI=1S/C12H16O5/c1-12(2)16-10(6-13)11(17-12)7-3-4-8(14)9(15)5-7/h3-5,10-11,13-15H,6H2,1-2H3/t10-,11-/m1/s1. The molecular formula is C12H16O5. The highest BCUT2D eigenvalue weighted by Gasteiger charge is 2.41. The number of phenolic OH excluding ortho intramolecular Hbond substituents is 2. The molecule has 1 saturated heterocycles. The number of aliphatic hydroxyl groups is 1. The Kier molecular flexibility index (Phi) is 2.99. The Morgan fingerprint density at radius 2 is 1.88 bits per heavy atom. The fourth-order valence-corrected chi connectivity index (χ4v) is 1.97. The van der Waals surface area contributed by atoms with Crippen LogP contribution in [0, 0.1) is 0 Å². The Morgan fingerprint density at radius 3 is 2.47 bits per heavy atom. The molecule has 1 heterocycles. The van der Waals surface area contributed by atoms with Gasteiger partial charge in [-0.3, -0.25) is 0 Å². The topological polar surface area (TPSA) is 79.2 Å². The molecule has 2 atom stereocenters. The minimum Gasteiger partial charge on any atom is -0.504 e. The molecule has 1 aromatic carbocycles. The minimum atomic E-state index is -0.772. The summed E-state index contributed by atoms with van der Waals surface area (Å²) in [6, 6.07) is 4.42. The van der Waals surface area contributed by atoms with Gasteiger partial charge >= 0.3 is 0 Å². The highest BCUT2D eigenvalue weighted by atomic mass is 16.8. The van der Waals surface area contributed by atoms with Gasteiger partial charge in [0, 0.05) is 0 Å². The first-order chi connectivity index (χ1) is 7.93. The zero-order chi connectivity index (χ0) is 12.6. The van der Waals surface area contributed by atoms with Crippen molar-refractivity contribution in [3.63, 3.8) is 0 Å². The van der Waals surface area contributed by atoms with Gasteiger partial charge in [-0.05, 0) is 31.5 Å². The van der Waals surface area contributed by atoms with E-state index in [1.807, 2.05) is 0 Å². The van der Waals surface area contributed by atoms with Gasteiger partial charge in [0.1, 0.15) is 12.2 Å². The molecule has 5 nitrogen and oxygen atoms in total. The summed E-state index contributed by atoms with van der Waals surface area (Å²) in [5, 5.41) is 27.9. The lowest BCUT2D eigenvalue weighted by atomic mass is 10.0. The SMILES string of the molecule is CC1(C)O[C@H](c2ccc(O)c(O)c2)[C@@H](CO)O1. The van der Waals surface area contributed by atoms with Crippen LogP contribution in [0.15, 0.2) is 18.2 Å². The zero-order valence-electron chi connectivity index (χ0n) is 9.75. The summed E-state index contributed by atoms with van der Waals surface area (Å²) in [6.45, 7) is 3.35. The van der Waals surface area contributed by atoms with Gasteiger partial charge in [-0.15, -0.1) is 0 Å². The Hall–Kier alpha value is -1.30. The number of aliphatic hydroxyl groups excluding tert-OH is 1. The lowest BCUT2D eigenvalue weighted by Gasteiger charge is -2.17. The van der Waals surface area contributed by atoms with Crippen molar-refractivity contribution >= 4 is 0 Å². The average molecular weight is 240 g/mol. The molecule has 0 unspecified atom stereocenters. The van der Waals surface area contributed by atoms with E-state index >= 15 is 0 Å². The number of rotatable bonds is 2. The molecule has 3 N–H and O–H groups in total. The van der Waals surface area contributed by atoms with E-state index < -0.39 is 18.0 Å². The van der Waals surface area contributed by atoms with Gasteiger partial charge in [0.05, 0.1) is 6.61 Å². The van der Waals surface area contributed by atoms with E-state index in [1.165, 1.54) is 12.1 Å². The predicted octanol–water partition coefficient (Wildman–Crippen LogP) is 1.28. The molecule has 1 aliphatic rings. The van der Waals surface area contributed by atoms with Crippen LogP contribution in [0.1, 0.15) is 25.5 Å². The Bertz CT molecular complexity index is 415. The first-order valence-electron chi connectivity index (χ1n) is 5.41. The number of hydrogen-bond donors (Lipinski definition) is 3. The third-order valence-corrected chi connectivity index (χ3v) is 2.69. The smallest absolute Gasteiger partial charge is 0.164 e. The van der Waals surface area contributed by atoms with Crippen LogP contribution in [0.25, 0.3) is 0 Å². The number of aromatic hydroxyl groups is 2. The molecule has 0 aliphatic carbocycles. The highest BCUT2D eigenvalue weighted by molar-refractivity contribution is 5.41. The van der Waals surface area contributed by atoms with Crippen molar-refractivity contribution in [2.75, 3.05) is 6.61 Å². The molecule has 0 amide bonds. The molecule has 94 valence electrons. The fourth-order valence-electron chi connectivity index (χ4n) is 1.97. The summed E-state index contributed by atoms with van der Waals surface area (Å²) in [5.41, 5.74) is 0.657. The molecule has 0 radical (unpaired) electrons. The summed E-state index contributed by atoms with van der Waals surface area (Å²) >= 11 is 0. The van der Waals surface area contributed by atoms with Crippen molar-refractivity contribution in [1.29, 1.82) is 0 Å². The van der Waals surface area contributed by atoms with Crippen LogP contribution in [0.4, 0.5) is 0 Å². The lowest BCUT2D eigenvalue weighted by molar-refractivity contribution is -0.149. The van der Waals surface area contributed by atoms with Crippen molar-refractivity contribution in [3.8, 4) is 11.5 Å². The van der Waals surface area contributed by atoms with Crippen molar-refractivity contribution in [1.82, 2.24) is 0 Å². The third kappa shape index (κ3) is 2.36. The van der Waals surface area contributed by atoms with E-state index in [-0.39, 0.29) is 18.1 Å². The van der Waals surface area contributed by atoms with Gasteiger partial charge in [-0.25, -0.2) is 0 Å². The first kappa shape index (κ1) is 12.2. The number of ether oxygens (including phenoxy) is 2. The Balaban J connectivity index is 2.29. The first-order valence-corrected chi connectivity index (χ1v) is 5.41. The van der Waals surface area contributed by atoms with Gasteiger partial charge in [0.25, 0.3) is 0 Å². The number of hydrogen-bond acceptors (Lipinski definition) is 5. The van der Waals surface area contributed by atoms with Crippen molar-refractivity contribution in [3.05, 3.63) is 23.8 Å².